The summed E-state index contributed by atoms with van der Waals surface area (Å²) in [7, 11) is 1.68. The minimum atomic E-state index is -0.686. The van der Waals surface area contributed by atoms with Gasteiger partial charge in [-0.3, -0.25) is 4.79 Å². The lowest BCUT2D eigenvalue weighted by atomic mass is 9.92. The number of carbonyl (C=O) groups is 1. The molecule has 0 spiro atoms. The summed E-state index contributed by atoms with van der Waals surface area (Å²) in [6.07, 6.45) is 3.85. The van der Waals surface area contributed by atoms with Crippen LogP contribution < -0.4 is 0 Å². The van der Waals surface area contributed by atoms with Crippen LogP contribution in [0.3, 0.4) is 0 Å². The molecule has 2 aromatic rings. The maximum Gasteiger partial charge on any atom is 0.226 e. The Kier molecular flexibility index (Phi) is 5.52. The molecule has 0 radical (unpaired) electrons. The van der Waals surface area contributed by atoms with Gasteiger partial charge in [0.25, 0.3) is 0 Å². The topological polar surface area (TPSA) is 78.6 Å². The Balaban J connectivity index is 1.97. The molecule has 0 fully saturated rings. The van der Waals surface area contributed by atoms with Gasteiger partial charge in [-0.25, -0.2) is 4.68 Å². The van der Waals surface area contributed by atoms with Gasteiger partial charge in [0.1, 0.15) is 0 Å². The monoisotopic (exact) mass is 317 g/mol. The standard InChI is InChI=1S/C17H23N3O3/c1-17(12-21,13-22)11-19(2)16(23)10-14-4-6-15(7-5-14)20-9-3-8-18-20/h3-9,21-22H,10-13H2,1-2H3. The molecule has 0 bridgehead atoms. The van der Waals surface area contributed by atoms with Crippen LogP contribution in [0, 0.1) is 5.41 Å². The van der Waals surface area contributed by atoms with Crippen molar-refractivity contribution in [2.75, 3.05) is 26.8 Å². The van der Waals surface area contributed by atoms with Crippen LogP contribution in [0.1, 0.15) is 12.5 Å². The highest BCUT2D eigenvalue weighted by molar-refractivity contribution is 5.78. The van der Waals surface area contributed by atoms with Gasteiger partial charge in [-0.15, -0.1) is 0 Å². The van der Waals surface area contributed by atoms with Gasteiger partial charge in [0.2, 0.25) is 5.91 Å². The second kappa shape index (κ2) is 7.39. The van der Waals surface area contributed by atoms with E-state index in [2.05, 4.69) is 5.10 Å². The third-order valence-electron chi connectivity index (χ3n) is 3.87. The second-order valence-electron chi connectivity index (χ2n) is 6.17. The molecule has 0 aliphatic carbocycles. The zero-order chi connectivity index (χ0) is 16.9. The Hall–Kier alpha value is -2.18. The van der Waals surface area contributed by atoms with E-state index in [-0.39, 0.29) is 25.5 Å². The van der Waals surface area contributed by atoms with E-state index >= 15 is 0 Å². The van der Waals surface area contributed by atoms with E-state index in [9.17, 15) is 15.0 Å². The second-order valence-corrected chi connectivity index (χ2v) is 6.17. The van der Waals surface area contributed by atoms with E-state index in [4.69, 9.17) is 0 Å². The van der Waals surface area contributed by atoms with Gasteiger partial charge >= 0.3 is 0 Å². The summed E-state index contributed by atoms with van der Waals surface area (Å²) in [5.41, 5.74) is 1.16. The highest BCUT2D eigenvalue weighted by Gasteiger charge is 2.26. The zero-order valence-electron chi connectivity index (χ0n) is 13.5. The predicted octanol–water partition coefficient (Wildman–Crippen LogP) is 0.864. The smallest absolute Gasteiger partial charge is 0.226 e. The van der Waals surface area contributed by atoms with Crippen LogP contribution in [-0.2, 0) is 11.2 Å². The molecule has 23 heavy (non-hydrogen) atoms. The third-order valence-corrected chi connectivity index (χ3v) is 3.87. The van der Waals surface area contributed by atoms with Crippen LogP contribution >= 0.6 is 0 Å². The van der Waals surface area contributed by atoms with Crippen molar-refractivity contribution in [3.63, 3.8) is 0 Å². The van der Waals surface area contributed by atoms with Gasteiger partial charge in [0.15, 0.2) is 0 Å². The van der Waals surface area contributed by atoms with E-state index in [0.717, 1.165) is 11.3 Å². The number of aliphatic hydroxyl groups excluding tert-OH is 2. The Morgan fingerprint density at radius 3 is 2.43 bits per heavy atom. The molecule has 0 aliphatic rings. The molecule has 1 amide bonds. The summed E-state index contributed by atoms with van der Waals surface area (Å²) < 4.78 is 1.76. The quantitative estimate of drug-likeness (QED) is 0.794. The van der Waals surface area contributed by atoms with Crippen molar-refractivity contribution >= 4 is 5.91 Å². The Bertz CT molecular complexity index is 619. The molecule has 1 aromatic heterocycles. The molecule has 2 N–H and O–H groups in total. The van der Waals surface area contributed by atoms with Crippen molar-refractivity contribution < 1.29 is 15.0 Å². The Morgan fingerprint density at radius 1 is 1.26 bits per heavy atom. The number of benzene rings is 1. The first-order valence-corrected chi connectivity index (χ1v) is 7.52. The normalized spacial score (nSPS) is 11.5. The largest absolute Gasteiger partial charge is 0.396 e. The number of hydrogen-bond acceptors (Lipinski definition) is 4. The molecule has 0 atom stereocenters. The Labute approximate surface area is 136 Å². The molecule has 1 heterocycles. The molecule has 0 saturated heterocycles. The van der Waals surface area contributed by atoms with E-state index in [1.54, 1.807) is 29.7 Å². The summed E-state index contributed by atoms with van der Waals surface area (Å²) in [4.78, 5) is 13.8. The number of hydrogen-bond donors (Lipinski definition) is 2. The first-order chi connectivity index (χ1) is 11.0. The van der Waals surface area contributed by atoms with Gasteiger partial charge in [-0.05, 0) is 23.8 Å². The molecular weight excluding hydrogens is 294 g/mol. The van der Waals surface area contributed by atoms with Crippen LogP contribution in [0.15, 0.2) is 42.7 Å². The minimum Gasteiger partial charge on any atom is -0.396 e. The number of aromatic nitrogens is 2. The number of aliphatic hydroxyl groups is 2. The SMILES string of the molecule is CN(CC(C)(CO)CO)C(=O)Cc1ccc(-n2cccn2)cc1. The summed E-state index contributed by atoms with van der Waals surface area (Å²) >= 11 is 0. The summed E-state index contributed by atoms with van der Waals surface area (Å²) in [6, 6.07) is 9.49. The minimum absolute atomic E-state index is 0.0510. The van der Waals surface area contributed by atoms with Crippen molar-refractivity contribution in [2.24, 2.45) is 5.41 Å². The molecule has 124 valence electrons. The summed E-state index contributed by atoms with van der Waals surface area (Å²) in [6.45, 7) is 1.72. The zero-order valence-corrected chi connectivity index (χ0v) is 13.5. The number of amides is 1. The van der Waals surface area contributed by atoms with E-state index in [1.807, 2.05) is 36.5 Å². The molecule has 1 aromatic carbocycles. The summed E-state index contributed by atoms with van der Waals surface area (Å²) in [5, 5.41) is 22.8. The van der Waals surface area contributed by atoms with Gasteiger partial charge in [-0.2, -0.15) is 5.10 Å². The first kappa shape index (κ1) is 17.2. The number of nitrogens with zero attached hydrogens (tertiary/aromatic N) is 3. The highest BCUT2D eigenvalue weighted by Crippen LogP contribution is 2.16. The predicted molar refractivity (Wildman–Crippen MR) is 87.2 cm³/mol. The molecular formula is C17H23N3O3. The number of carbonyl (C=O) groups excluding carboxylic acids is 1. The number of likely N-dealkylation sites (N-methyl/N-ethyl adjacent to an activating group) is 1. The van der Waals surface area contributed by atoms with Crippen molar-refractivity contribution in [3.05, 3.63) is 48.3 Å². The molecule has 2 rings (SSSR count). The average Bonchev–Trinajstić information content (AvgIpc) is 3.09. The molecule has 6 nitrogen and oxygen atoms in total. The van der Waals surface area contributed by atoms with Gasteiger partial charge in [0, 0.05) is 31.4 Å². The van der Waals surface area contributed by atoms with Gasteiger partial charge in [-0.1, -0.05) is 19.1 Å². The van der Waals surface area contributed by atoms with E-state index in [0.29, 0.717) is 6.54 Å². The maximum atomic E-state index is 12.3. The van der Waals surface area contributed by atoms with Crippen molar-refractivity contribution in [1.82, 2.24) is 14.7 Å². The van der Waals surface area contributed by atoms with E-state index in [1.165, 1.54) is 0 Å². The van der Waals surface area contributed by atoms with Crippen LogP contribution in [-0.4, -0.2) is 57.6 Å². The third kappa shape index (κ3) is 4.40. The van der Waals surface area contributed by atoms with Crippen LogP contribution in [0.25, 0.3) is 5.69 Å². The highest BCUT2D eigenvalue weighted by atomic mass is 16.3. The molecule has 0 unspecified atom stereocenters. The fourth-order valence-electron chi connectivity index (χ4n) is 2.31. The lowest BCUT2D eigenvalue weighted by molar-refractivity contribution is -0.131. The van der Waals surface area contributed by atoms with Gasteiger partial charge in [0.05, 0.1) is 25.3 Å². The average molecular weight is 317 g/mol. The number of rotatable bonds is 7. The van der Waals surface area contributed by atoms with Crippen LogP contribution in [0.2, 0.25) is 0 Å². The van der Waals surface area contributed by atoms with Crippen molar-refractivity contribution in [2.45, 2.75) is 13.3 Å². The lowest BCUT2D eigenvalue weighted by Crippen LogP contribution is -2.42. The first-order valence-electron chi connectivity index (χ1n) is 7.52. The van der Waals surface area contributed by atoms with Crippen LogP contribution in [0.5, 0.6) is 0 Å². The molecule has 6 heteroatoms. The van der Waals surface area contributed by atoms with Gasteiger partial charge < -0.3 is 15.1 Å². The maximum absolute atomic E-state index is 12.3. The summed E-state index contributed by atoms with van der Waals surface area (Å²) in [5.74, 6) is -0.0510. The molecule has 0 saturated carbocycles. The lowest BCUT2D eigenvalue weighted by Gasteiger charge is -2.30. The Morgan fingerprint density at radius 2 is 1.91 bits per heavy atom. The van der Waals surface area contributed by atoms with Crippen molar-refractivity contribution in [3.8, 4) is 5.69 Å². The van der Waals surface area contributed by atoms with Crippen molar-refractivity contribution in [1.29, 1.82) is 0 Å². The fraction of sp³-hybridized carbons (Fsp3) is 0.412. The fourth-order valence-corrected chi connectivity index (χ4v) is 2.31. The van der Waals surface area contributed by atoms with E-state index < -0.39 is 5.41 Å². The van der Waals surface area contributed by atoms with Crippen LogP contribution in [0.4, 0.5) is 0 Å². The molecule has 0 aliphatic heterocycles.